The first kappa shape index (κ1) is 16.8. The minimum absolute atomic E-state index is 0.00323. The predicted molar refractivity (Wildman–Crippen MR) is 81.9 cm³/mol. The Kier molecular flexibility index (Phi) is 4.55. The smallest absolute Gasteiger partial charge is 0.335 e. The summed E-state index contributed by atoms with van der Waals surface area (Å²) >= 11 is 0. The van der Waals surface area contributed by atoms with Crippen LogP contribution in [0.3, 0.4) is 0 Å². The summed E-state index contributed by atoms with van der Waals surface area (Å²) in [7, 11) is -2.80. The molecule has 0 spiro atoms. The summed E-state index contributed by atoms with van der Waals surface area (Å²) in [6, 6.07) is 7.61. The largest absolute Gasteiger partial charge is 0.494 e. The third-order valence-electron chi connectivity index (χ3n) is 3.17. The molecule has 0 aliphatic rings. The van der Waals surface area contributed by atoms with Crippen LogP contribution < -0.4 is 9.46 Å². The van der Waals surface area contributed by atoms with E-state index in [0.717, 1.165) is 6.07 Å². The molecule has 0 radical (unpaired) electrons. The number of hydrogen-bond donors (Lipinski definition) is 2. The van der Waals surface area contributed by atoms with Gasteiger partial charge < -0.3 is 9.84 Å². The average Bonchev–Trinajstić information content (AvgIpc) is 2.48. The summed E-state index contributed by atoms with van der Waals surface area (Å²) in [4.78, 5) is 10.8. The van der Waals surface area contributed by atoms with Crippen molar-refractivity contribution < 1.29 is 27.4 Å². The van der Waals surface area contributed by atoms with E-state index in [1.807, 2.05) is 0 Å². The van der Waals surface area contributed by atoms with Crippen molar-refractivity contribution in [3.8, 4) is 5.75 Å². The molecule has 0 atom stereocenters. The Morgan fingerprint density at radius 1 is 1.26 bits per heavy atom. The van der Waals surface area contributed by atoms with E-state index in [0.29, 0.717) is 0 Å². The SMILES string of the molecule is COc1cccc(NS(=O)(=O)c2ccc(C(=O)O)c(C)c2)c1F. The summed E-state index contributed by atoms with van der Waals surface area (Å²) < 4.78 is 45.6. The zero-order valence-electron chi connectivity index (χ0n) is 12.3. The molecule has 0 aliphatic carbocycles. The number of carboxylic acid groups (broad SMARTS) is 1. The molecular formula is C15H14FNO5S. The molecule has 2 rings (SSSR count). The zero-order valence-corrected chi connectivity index (χ0v) is 13.1. The molecule has 2 aromatic carbocycles. The molecular weight excluding hydrogens is 325 g/mol. The normalized spacial score (nSPS) is 11.1. The van der Waals surface area contributed by atoms with E-state index in [1.165, 1.54) is 44.4 Å². The number of carboxylic acids is 1. The van der Waals surface area contributed by atoms with Crippen LogP contribution in [0.4, 0.5) is 10.1 Å². The van der Waals surface area contributed by atoms with Crippen LogP contribution in [0.2, 0.25) is 0 Å². The van der Waals surface area contributed by atoms with Gasteiger partial charge in [-0.1, -0.05) is 6.07 Å². The third kappa shape index (κ3) is 3.42. The first-order valence-corrected chi connectivity index (χ1v) is 7.94. The Labute approximate surface area is 132 Å². The van der Waals surface area contributed by atoms with Crippen LogP contribution in [0.25, 0.3) is 0 Å². The lowest BCUT2D eigenvalue weighted by molar-refractivity contribution is 0.0696. The lowest BCUT2D eigenvalue weighted by Gasteiger charge is -2.12. The van der Waals surface area contributed by atoms with E-state index >= 15 is 0 Å². The van der Waals surface area contributed by atoms with Crippen LogP contribution in [-0.2, 0) is 10.0 Å². The van der Waals surface area contributed by atoms with Crippen molar-refractivity contribution in [2.45, 2.75) is 11.8 Å². The van der Waals surface area contributed by atoms with Crippen LogP contribution >= 0.6 is 0 Å². The second-order valence-corrected chi connectivity index (χ2v) is 6.39. The topological polar surface area (TPSA) is 92.7 Å². The number of sulfonamides is 1. The Bertz CT molecular complexity index is 864. The van der Waals surface area contributed by atoms with Gasteiger partial charge >= 0.3 is 5.97 Å². The highest BCUT2D eigenvalue weighted by atomic mass is 32.2. The van der Waals surface area contributed by atoms with Crippen molar-refractivity contribution in [1.29, 1.82) is 0 Å². The van der Waals surface area contributed by atoms with Crippen molar-refractivity contribution in [2.24, 2.45) is 0 Å². The van der Waals surface area contributed by atoms with Crippen LogP contribution in [0.5, 0.6) is 5.75 Å². The third-order valence-corrected chi connectivity index (χ3v) is 4.53. The van der Waals surface area contributed by atoms with Crippen LogP contribution in [-0.4, -0.2) is 26.6 Å². The number of hydrogen-bond acceptors (Lipinski definition) is 4. The van der Waals surface area contributed by atoms with Crippen LogP contribution in [0.15, 0.2) is 41.3 Å². The minimum Gasteiger partial charge on any atom is -0.494 e. The van der Waals surface area contributed by atoms with E-state index < -0.39 is 21.8 Å². The standard InChI is InChI=1S/C15H14FNO5S/c1-9-8-10(6-7-11(9)15(18)19)23(20,21)17-12-4-3-5-13(22-2)14(12)16/h3-8,17H,1-2H3,(H,18,19). The van der Waals surface area contributed by atoms with Crippen molar-refractivity contribution in [3.05, 3.63) is 53.3 Å². The molecule has 2 N–H and O–H groups in total. The Morgan fingerprint density at radius 3 is 2.52 bits per heavy atom. The number of rotatable bonds is 5. The second kappa shape index (κ2) is 6.25. The molecule has 0 saturated heterocycles. The van der Waals surface area contributed by atoms with Gasteiger partial charge in [-0.2, -0.15) is 0 Å². The number of anilines is 1. The Morgan fingerprint density at radius 2 is 1.96 bits per heavy atom. The van der Waals surface area contributed by atoms with Crippen molar-refractivity contribution in [1.82, 2.24) is 0 Å². The molecule has 0 heterocycles. The van der Waals surface area contributed by atoms with Gasteiger partial charge in [0.15, 0.2) is 11.6 Å². The molecule has 0 aliphatic heterocycles. The highest BCUT2D eigenvalue weighted by molar-refractivity contribution is 7.92. The Balaban J connectivity index is 2.40. The number of nitrogens with one attached hydrogen (secondary N) is 1. The van der Waals surface area contributed by atoms with Crippen molar-refractivity contribution in [3.63, 3.8) is 0 Å². The maximum atomic E-state index is 14.0. The van der Waals surface area contributed by atoms with E-state index in [-0.39, 0.29) is 27.5 Å². The summed E-state index contributed by atoms with van der Waals surface area (Å²) in [5.74, 6) is -2.08. The van der Waals surface area contributed by atoms with Gasteiger partial charge in [0.05, 0.1) is 23.3 Å². The van der Waals surface area contributed by atoms with Crippen LogP contribution in [0, 0.1) is 12.7 Å². The molecule has 0 fully saturated rings. The summed E-state index contributed by atoms with van der Waals surface area (Å²) in [6.07, 6.45) is 0. The van der Waals surface area contributed by atoms with Crippen molar-refractivity contribution in [2.75, 3.05) is 11.8 Å². The maximum absolute atomic E-state index is 14.0. The van der Waals surface area contributed by atoms with Crippen LogP contribution in [0.1, 0.15) is 15.9 Å². The van der Waals surface area contributed by atoms with Gasteiger partial charge in [0.1, 0.15) is 0 Å². The van der Waals surface area contributed by atoms with Gasteiger partial charge in [0.25, 0.3) is 10.0 Å². The molecule has 0 aromatic heterocycles. The van der Waals surface area contributed by atoms with Crippen molar-refractivity contribution >= 4 is 21.7 Å². The molecule has 0 amide bonds. The van der Waals surface area contributed by atoms with Gasteiger partial charge in [-0.25, -0.2) is 17.6 Å². The van der Waals surface area contributed by atoms with Gasteiger partial charge in [0.2, 0.25) is 0 Å². The molecule has 122 valence electrons. The molecule has 23 heavy (non-hydrogen) atoms. The highest BCUT2D eigenvalue weighted by Gasteiger charge is 2.19. The molecule has 0 saturated carbocycles. The number of halogens is 1. The van der Waals surface area contributed by atoms with E-state index in [4.69, 9.17) is 9.84 Å². The monoisotopic (exact) mass is 339 g/mol. The number of methoxy groups -OCH3 is 1. The average molecular weight is 339 g/mol. The van der Waals surface area contributed by atoms with E-state index in [9.17, 15) is 17.6 Å². The van der Waals surface area contributed by atoms with Gasteiger partial charge in [-0.05, 0) is 42.8 Å². The second-order valence-electron chi connectivity index (χ2n) is 4.71. The summed E-state index contributed by atoms with van der Waals surface area (Å²) in [6.45, 7) is 1.48. The highest BCUT2D eigenvalue weighted by Crippen LogP contribution is 2.26. The molecule has 8 heteroatoms. The quantitative estimate of drug-likeness (QED) is 0.873. The molecule has 2 aromatic rings. The zero-order chi connectivity index (χ0) is 17.2. The fraction of sp³-hybridized carbons (Fsp3) is 0.133. The minimum atomic E-state index is -4.06. The fourth-order valence-electron chi connectivity index (χ4n) is 1.99. The number of ether oxygens (including phenoxy) is 1. The predicted octanol–water partition coefficient (Wildman–Crippen LogP) is 2.64. The van der Waals surface area contributed by atoms with Gasteiger partial charge in [-0.15, -0.1) is 0 Å². The first-order chi connectivity index (χ1) is 10.8. The maximum Gasteiger partial charge on any atom is 0.335 e. The summed E-state index contributed by atoms with van der Waals surface area (Å²) in [5.41, 5.74) is 0.0207. The number of carbonyl (C=O) groups is 1. The van der Waals surface area contributed by atoms with E-state index in [2.05, 4.69) is 4.72 Å². The molecule has 6 nitrogen and oxygen atoms in total. The first-order valence-electron chi connectivity index (χ1n) is 6.45. The molecule has 0 unspecified atom stereocenters. The van der Waals surface area contributed by atoms with Gasteiger partial charge in [0, 0.05) is 0 Å². The summed E-state index contributed by atoms with van der Waals surface area (Å²) in [5, 5.41) is 8.96. The molecule has 0 bridgehead atoms. The van der Waals surface area contributed by atoms with Gasteiger partial charge in [-0.3, -0.25) is 4.72 Å². The Hall–Kier alpha value is -2.61. The van der Waals surface area contributed by atoms with E-state index in [1.54, 1.807) is 0 Å². The fourth-order valence-corrected chi connectivity index (χ4v) is 3.14. The number of aryl methyl sites for hydroxylation is 1. The number of benzene rings is 2. The lowest BCUT2D eigenvalue weighted by Crippen LogP contribution is -2.15. The number of aromatic carboxylic acids is 1. The lowest BCUT2D eigenvalue weighted by atomic mass is 10.1.